The van der Waals surface area contributed by atoms with Crippen LogP contribution >= 0.6 is 0 Å². The molecule has 1 aromatic rings. The Morgan fingerprint density at radius 1 is 1.53 bits per heavy atom. The van der Waals surface area contributed by atoms with Gasteiger partial charge >= 0.3 is 0 Å². The van der Waals surface area contributed by atoms with Crippen molar-refractivity contribution in [2.45, 2.75) is 27.7 Å². The fourth-order valence-electron chi connectivity index (χ4n) is 1.24. The van der Waals surface area contributed by atoms with E-state index in [1.165, 1.54) is 0 Å². The minimum Gasteiger partial charge on any atom is -0.397 e. The fraction of sp³-hybridized carbons (Fsp3) is 0.538. The maximum absolute atomic E-state index is 11.8. The van der Waals surface area contributed by atoms with Crippen molar-refractivity contribution < 1.29 is 4.79 Å². The number of hydrogen-bond donors (Lipinski definition) is 2. The van der Waals surface area contributed by atoms with Gasteiger partial charge in [0.15, 0.2) is 5.69 Å². The summed E-state index contributed by atoms with van der Waals surface area (Å²) in [6.07, 6.45) is 1.57. The van der Waals surface area contributed by atoms with E-state index in [-0.39, 0.29) is 11.3 Å². The average Bonchev–Trinajstić information content (AvgIpc) is 2.24. The van der Waals surface area contributed by atoms with E-state index in [1.807, 2.05) is 0 Å². The quantitative estimate of drug-likeness (QED) is 0.842. The number of hydrogen-bond acceptors (Lipinski definition) is 3. The van der Waals surface area contributed by atoms with Crippen molar-refractivity contribution in [3.05, 3.63) is 24.0 Å². The van der Waals surface area contributed by atoms with Gasteiger partial charge in [0.2, 0.25) is 0 Å². The molecule has 0 bridgehead atoms. The van der Waals surface area contributed by atoms with E-state index >= 15 is 0 Å². The molecule has 0 aliphatic heterocycles. The van der Waals surface area contributed by atoms with Crippen LogP contribution in [0.3, 0.4) is 0 Å². The largest absolute Gasteiger partial charge is 0.397 e. The number of nitrogen functional groups attached to an aromatic ring is 1. The number of nitrogens with one attached hydrogen (secondary N) is 1. The van der Waals surface area contributed by atoms with Crippen molar-refractivity contribution >= 4 is 11.6 Å². The van der Waals surface area contributed by atoms with Crippen molar-refractivity contribution in [3.63, 3.8) is 0 Å². The van der Waals surface area contributed by atoms with E-state index in [0.717, 1.165) is 0 Å². The average molecular weight is 235 g/mol. The SMILES string of the molecule is CC(CNC(=O)c1ncccc1N)C(C)(C)C. The Balaban J connectivity index is 2.60. The van der Waals surface area contributed by atoms with Crippen molar-refractivity contribution in [1.82, 2.24) is 10.3 Å². The van der Waals surface area contributed by atoms with E-state index in [9.17, 15) is 4.79 Å². The summed E-state index contributed by atoms with van der Waals surface area (Å²) in [7, 11) is 0. The number of nitrogens with two attached hydrogens (primary N) is 1. The molecule has 1 aromatic heterocycles. The molecular formula is C13H21N3O. The van der Waals surface area contributed by atoms with Crippen molar-refractivity contribution in [3.8, 4) is 0 Å². The molecule has 0 saturated carbocycles. The minimum absolute atomic E-state index is 0.170. The molecule has 0 fully saturated rings. The number of carbonyl (C=O) groups is 1. The van der Waals surface area contributed by atoms with Crippen LogP contribution in [0.5, 0.6) is 0 Å². The van der Waals surface area contributed by atoms with Crippen LogP contribution in [0.1, 0.15) is 38.2 Å². The maximum atomic E-state index is 11.8. The zero-order chi connectivity index (χ0) is 13.1. The highest BCUT2D eigenvalue weighted by molar-refractivity contribution is 5.96. The lowest BCUT2D eigenvalue weighted by molar-refractivity contribution is 0.0933. The zero-order valence-corrected chi connectivity index (χ0v) is 10.9. The third-order valence-electron chi connectivity index (χ3n) is 3.10. The van der Waals surface area contributed by atoms with Gasteiger partial charge in [-0.15, -0.1) is 0 Å². The molecule has 1 atom stereocenters. The lowest BCUT2D eigenvalue weighted by atomic mass is 9.82. The summed E-state index contributed by atoms with van der Waals surface area (Å²) in [5, 5.41) is 2.86. The van der Waals surface area contributed by atoms with Gasteiger partial charge in [-0.3, -0.25) is 4.79 Å². The van der Waals surface area contributed by atoms with Crippen LogP contribution < -0.4 is 11.1 Å². The third kappa shape index (κ3) is 3.73. The molecule has 17 heavy (non-hydrogen) atoms. The fourth-order valence-corrected chi connectivity index (χ4v) is 1.24. The van der Waals surface area contributed by atoms with Gasteiger partial charge in [0.1, 0.15) is 0 Å². The molecule has 1 heterocycles. The molecule has 1 amide bonds. The van der Waals surface area contributed by atoms with Crippen LogP contribution in [0, 0.1) is 11.3 Å². The first-order chi connectivity index (χ1) is 7.82. The summed E-state index contributed by atoms with van der Waals surface area (Å²) in [6, 6.07) is 3.39. The first-order valence-electron chi connectivity index (χ1n) is 5.81. The highest BCUT2D eigenvalue weighted by Gasteiger charge is 2.21. The second kappa shape index (κ2) is 5.17. The molecule has 1 unspecified atom stereocenters. The molecule has 0 saturated heterocycles. The van der Waals surface area contributed by atoms with Crippen LogP contribution in [-0.2, 0) is 0 Å². The summed E-state index contributed by atoms with van der Waals surface area (Å²) >= 11 is 0. The predicted molar refractivity (Wildman–Crippen MR) is 69.6 cm³/mol. The van der Waals surface area contributed by atoms with Gasteiger partial charge in [-0.05, 0) is 23.5 Å². The molecular weight excluding hydrogens is 214 g/mol. The summed E-state index contributed by atoms with van der Waals surface area (Å²) < 4.78 is 0. The molecule has 4 nitrogen and oxygen atoms in total. The molecule has 0 aromatic carbocycles. The third-order valence-corrected chi connectivity index (χ3v) is 3.10. The van der Waals surface area contributed by atoms with Crippen molar-refractivity contribution in [2.75, 3.05) is 12.3 Å². The lowest BCUT2D eigenvalue weighted by Crippen LogP contribution is -2.34. The molecule has 4 heteroatoms. The lowest BCUT2D eigenvalue weighted by Gasteiger charge is -2.27. The number of aromatic nitrogens is 1. The Morgan fingerprint density at radius 2 is 2.18 bits per heavy atom. The van der Waals surface area contributed by atoms with Crippen LogP contribution in [0.25, 0.3) is 0 Å². The Morgan fingerprint density at radius 3 is 2.71 bits per heavy atom. The molecule has 1 rings (SSSR count). The number of nitrogens with zero attached hydrogens (tertiary/aromatic N) is 1. The van der Waals surface area contributed by atoms with E-state index in [2.05, 4.69) is 38.0 Å². The summed E-state index contributed by atoms with van der Waals surface area (Å²) in [5.41, 5.74) is 6.57. The zero-order valence-electron chi connectivity index (χ0n) is 10.9. The summed E-state index contributed by atoms with van der Waals surface area (Å²) in [6.45, 7) is 9.19. The highest BCUT2D eigenvalue weighted by atomic mass is 16.1. The second-order valence-corrected chi connectivity index (χ2v) is 5.42. The highest BCUT2D eigenvalue weighted by Crippen LogP contribution is 2.24. The Bertz CT molecular complexity index is 396. The Hall–Kier alpha value is -1.58. The molecule has 94 valence electrons. The van der Waals surface area contributed by atoms with Gasteiger partial charge < -0.3 is 11.1 Å². The number of carbonyl (C=O) groups excluding carboxylic acids is 1. The number of rotatable bonds is 3. The minimum atomic E-state index is -0.209. The van der Waals surface area contributed by atoms with Crippen LogP contribution in [0.4, 0.5) is 5.69 Å². The predicted octanol–water partition coefficient (Wildman–Crippen LogP) is 2.08. The number of amides is 1. The number of pyridine rings is 1. The van der Waals surface area contributed by atoms with Gasteiger partial charge in [-0.1, -0.05) is 27.7 Å². The summed E-state index contributed by atoms with van der Waals surface area (Å²) in [5.74, 6) is 0.176. The molecule has 0 aliphatic carbocycles. The van der Waals surface area contributed by atoms with E-state index < -0.39 is 0 Å². The Labute approximate surface area is 103 Å². The van der Waals surface area contributed by atoms with Crippen molar-refractivity contribution in [1.29, 1.82) is 0 Å². The summed E-state index contributed by atoms with van der Waals surface area (Å²) in [4.78, 5) is 15.8. The van der Waals surface area contributed by atoms with Gasteiger partial charge in [0.25, 0.3) is 5.91 Å². The van der Waals surface area contributed by atoms with Crippen LogP contribution in [-0.4, -0.2) is 17.4 Å². The van der Waals surface area contributed by atoms with Crippen molar-refractivity contribution in [2.24, 2.45) is 11.3 Å². The van der Waals surface area contributed by atoms with Crippen LogP contribution in [0.2, 0.25) is 0 Å². The van der Waals surface area contributed by atoms with Crippen LogP contribution in [0.15, 0.2) is 18.3 Å². The van der Waals surface area contributed by atoms with Gasteiger partial charge in [0.05, 0.1) is 5.69 Å². The molecule has 3 N–H and O–H groups in total. The second-order valence-electron chi connectivity index (χ2n) is 5.42. The van der Waals surface area contributed by atoms with Gasteiger partial charge in [-0.25, -0.2) is 4.98 Å². The first-order valence-corrected chi connectivity index (χ1v) is 5.81. The smallest absolute Gasteiger partial charge is 0.272 e. The first kappa shape index (κ1) is 13.5. The number of anilines is 1. The Kier molecular flexibility index (Phi) is 4.10. The monoisotopic (exact) mass is 235 g/mol. The van der Waals surface area contributed by atoms with E-state index in [1.54, 1.807) is 18.3 Å². The van der Waals surface area contributed by atoms with Gasteiger partial charge in [-0.2, -0.15) is 0 Å². The van der Waals surface area contributed by atoms with Gasteiger partial charge in [0, 0.05) is 12.7 Å². The standard InChI is InChI=1S/C13H21N3O/c1-9(13(2,3)4)8-16-12(17)11-10(14)6-5-7-15-11/h5-7,9H,8,14H2,1-4H3,(H,16,17). The maximum Gasteiger partial charge on any atom is 0.272 e. The molecule has 0 spiro atoms. The van der Waals surface area contributed by atoms with E-state index in [4.69, 9.17) is 5.73 Å². The molecule has 0 radical (unpaired) electrons. The van der Waals surface area contributed by atoms with E-state index in [0.29, 0.717) is 23.8 Å². The molecule has 0 aliphatic rings. The topological polar surface area (TPSA) is 68.0 Å². The normalized spacial score (nSPS) is 13.2.